The molecule has 1 aromatic rings. The first kappa shape index (κ1) is 16.0. The molecule has 3 atom stereocenters. The fraction of sp³-hybridized carbons (Fsp3) is 0.529. The topological polar surface area (TPSA) is 76.7 Å². The molecule has 0 radical (unpaired) electrons. The molecule has 0 aromatic heterocycles. The zero-order chi connectivity index (χ0) is 16.1. The summed E-state index contributed by atoms with van der Waals surface area (Å²) in [6, 6.07) is 9.38. The molecule has 3 unspecified atom stereocenters. The van der Waals surface area contributed by atoms with Crippen LogP contribution in [-0.2, 0) is 25.5 Å². The van der Waals surface area contributed by atoms with Crippen molar-refractivity contribution in [3.05, 3.63) is 35.9 Å². The summed E-state index contributed by atoms with van der Waals surface area (Å²) < 4.78 is 10.9. The monoisotopic (exact) mass is 318 g/mol. The molecule has 2 N–H and O–H groups in total. The molecule has 2 aliphatic heterocycles. The summed E-state index contributed by atoms with van der Waals surface area (Å²) in [6.07, 6.45) is 2.02. The van der Waals surface area contributed by atoms with Crippen molar-refractivity contribution in [1.29, 1.82) is 0 Å². The first-order chi connectivity index (χ1) is 11.2. The molecule has 2 heterocycles. The second-order valence-electron chi connectivity index (χ2n) is 5.93. The van der Waals surface area contributed by atoms with Gasteiger partial charge < -0.3 is 20.1 Å². The Labute approximate surface area is 135 Å². The molecule has 6 heteroatoms. The summed E-state index contributed by atoms with van der Waals surface area (Å²) in [4.78, 5) is 23.7. The predicted molar refractivity (Wildman–Crippen MR) is 83.6 cm³/mol. The van der Waals surface area contributed by atoms with Crippen molar-refractivity contribution in [2.45, 2.75) is 44.1 Å². The summed E-state index contributed by atoms with van der Waals surface area (Å²) in [5, 5.41) is 6.02. The van der Waals surface area contributed by atoms with Gasteiger partial charge in [-0.2, -0.15) is 0 Å². The minimum atomic E-state index is -0.698. The van der Waals surface area contributed by atoms with E-state index in [-0.39, 0.29) is 24.3 Å². The highest BCUT2D eigenvalue weighted by Crippen LogP contribution is 2.18. The van der Waals surface area contributed by atoms with Gasteiger partial charge in [0.1, 0.15) is 6.04 Å². The van der Waals surface area contributed by atoms with Gasteiger partial charge in [0.05, 0.1) is 19.1 Å². The third-order valence-corrected chi connectivity index (χ3v) is 4.18. The zero-order valence-electron chi connectivity index (χ0n) is 13.0. The van der Waals surface area contributed by atoms with Crippen molar-refractivity contribution in [3.8, 4) is 0 Å². The minimum absolute atomic E-state index is 0.0811. The van der Waals surface area contributed by atoms with Gasteiger partial charge in [-0.15, -0.1) is 0 Å². The molecule has 2 saturated heterocycles. The van der Waals surface area contributed by atoms with E-state index in [1.54, 1.807) is 0 Å². The maximum absolute atomic E-state index is 12.2. The maximum Gasteiger partial charge on any atom is 0.310 e. The number of ether oxygens (including phenoxy) is 2. The van der Waals surface area contributed by atoms with Crippen LogP contribution in [0.5, 0.6) is 0 Å². The number of esters is 1. The van der Waals surface area contributed by atoms with E-state index in [9.17, 15) is 9.59 Å². The van der Waals surface area contributed by atoms with Gasteiger partial charge in [-0.1, -0.05) is 30.3 Å². The lowest BCUT2D eigenvalue weighted by Gasteiger charge is -2.21. The van der Waals surface area contributed by atoms with Crippen LogP contribution in [0.4, 0.5) is 0 Å². The van der Waals surface area contributed by atoms with Crippen molar-refractivity contribution in [1.82, 2.24) is 10.6 Å². The van der Waals surface area contributed by atoms with Crippen LogP contribution in [0.15, 0.2) is 30.3 Å². The molecule has 1 aromatic carbocycles. The standard InChI is InChI=1S/C17H22N2O4/c20-15-11-14(19-16(21)13-7-4-9-18-13)17(23-15)22-10-8-12-5-2-1-3-6-12/h1-3,5-6,13-14,17-18H,4,7-11H2,(H,19,21). The van der Waals surface area contributed by atoms with E-state index in [4.69, 9.17) is 9.47 Å². The first-order valence-electron chi connectivity index (χ1n) is 8.11. The average Bonchev–Trinajstić information content (AvgIpc) is 3.19. The number of rotatable bonds is 6. The fourth-order valence-electron chi connectivity index (χ4n) is 2.93. The van der Waals surface area contributed by atoms with E-state index < -0.39 is 12.3 Å². The van der Waals surface area contributed by atoms with Crippen LogP contribution >= 0.6 is 0 Å². The molecule has 2 fully saturated rings. The Morgan fingerprint density at radius 3 is 2.91 bits per heavy atom. The number of amides is 1. The number of cyclic esters (lactones) is 1. The normalized spacial score (nSPS) is 27.0. The largest absolute Gasteiger partial charge is 0.433 e. The summed E-state index contributed by atoms with van der Waals surface area (Å²) in [5.41, 5.74) is 1.16. The van der Waals surface area contributed by atoms with Gasteiger partial charge in [0.15, 0.2) is 0 Å². The predicted octanol–water partition coefficient (Wildman–Crippen LogP) is 0.756. The number of hydrogen-bond donors (Lipinski definition) is 2. The van der Waals surface area contributed by atoms with E-state index in [1.807, 2.05) is 30.3 Å². The Balaban J connectivity index is 1.48. The molecule has 3 rings (SSSR count). The van der Waals surface area contributed by atoms with Gasteiger partial charge in [-0.25, -0.2) is 0 Å². The van der Waals surface area contributed by atoms with Crippen LogP contribution in [0.3, 0.4) is 0 Å². The molecule has 6 nitrogen and oxygen atoms in total. The Morgan fingerprint density at radius 1 is 1.35 bits per heavy atom. The number of carbonyl (C=O) groups is 2. The second kappa shape index (κ2) is 7.57. The Kier molecular flexibility index (Phi) is 5.25. The van der Waals surface area contributed by atoms with E-state index in [1.165, 1.54) is 0 Å². The van der Waals surface area contributed by atoms with Crippen LogP contribution in [0.25, 0.3) is 0 Å². The van der Waals surface area contributed by atoms with Gasteiger partial charge in [-0.05, 0) is 31.4 Å². The highest BCUT2D eigenvalue weighted by atomic mass is 16.7. The third-order valence-electron chi connectivity index (χ3n) is 4.18. The van der Waals surface area contributed by atoms with Crippen LogP contribution in [0.2, 0.25) is 0 Å². The fourth-order valence-corrected chi connectivity index (χ4v) is 2.93. The van der Waals surface area contributed by atoms with E-state index in [0.717, 1.165) is 31.4 Å². The molecule has 0 bridgehead atoms. The highest BCUT2D eigenvalue weighted by Gasteiger charge is 2.38. The number of carbonyl (C=O) groups excluding carboxylic acids is 2. The molecule has 23 heavy (non-hydrogen) atoms. The average molecular weight is 318 g/mol. The summed E-state index contributed by atoms with van der Waals surface area (Å²) in [6.45, 7) is 1.30. The second-order valence-corrected chi connectivity index (χ2v) is 5.93. The highest BCUT2D eigenvalue weighted by molar-refractivity contribution is 5.83. The van der Waals surface area contributed by atoms with Gasteiger partial charge in [0.2, 0.25) is 12.2 Å². The summed E-state index contributed by atoms with van der Waals surface area (Å²) in [5.74, 6) is -0.415. The number of hydrogen-bond acceptors (Lipinski definition) is 5. The van der Waals surface area contributed by atoms with Crippen LogP contribution in [-0.4, -0.2) is 43.4 Å². The minimum Gasteiger partial charge on any atom is -0.433 e. The Bertz CT molecular complexity index is 543. The van der Waals surface area contributed by atoms with E-state index in [2.05, 4.69) is 10.6 Å². The molecule has 0 saturated carbocycles. The zero-order valence-corrected chi connectivity index (χ0v) is 13.0. The number of benzene rings is 1. The summed E-state index contributed by atoms with van der Waals surface area (Å²) in [7, 11) is 0. The lowest BCUT2D eigenvalue weighted by molar-refractivity contribution is -0.165. The van der Waals surface area contributed by atoms with Crippen LogP contribution in [0.1, 0.15) is 24.8 Å². The van der Waals surface area contributed by atoms with Crippen LogP contribution < -0.4 is 10.6 Å². The van der Waals surface area contributed by atoms with Crippen molar-refractivity contribution >= 4 is 11.9 Å². The smallest absolute Gasteiger partial charge is 0.310 e. The maximum atomic E-state index is 12.2. The van der Waals surface area contributed by atoms with Gasteiger partial charge in [0, 0.05) is 0 Å². The Morgan fingerprint density at radius 2 is 2.17 bits per heavy atom. The van der Waals surface area contributed by atoms with Crippen molar-refractivity contribution in [2.24, 2.45) is 0 Å². The quantitative estimate of drug-likeness (QED) is 0.757. The lowest BCUT2D eigenvalue weighted by atomic mass is 10.1. The van der Waals surface area contributed by atoms with Crippen molar-refractivity contribution in [3.63, 3.8) is 0 Å². The molecular formula is C17H22N2O4. The summed E-state index contributed by atoms with van der Waals surface area (Å²) >= 11 is 0. The molecule has 124 valence electrons. The van der Waals surface area contributed by atoms with E-state index >= 15 is 0 Å². The van der Waals surface area contributed by atoms with Crippen LogP contribution in [0, 0.1) is 0 Å². The van der Waals surface area contributed by atoms with Crippen molar-refractivity contribution < 1.29 is 19.1 Å². The first-order valence-corrected chi connectivity index (χ1v) is 8.11. The number of nitrogens with one attached hydrogen (secondary N) is 2. The van der Waals surface area contributed by atoms with Crippen molar-refractivity contribution in [2.75, 3.05) is 13.2 Å². The molecule has 2 aliphatic rings. The van der Waals surface area contributed by atoms with Gasteiger partial charge in [-0.3, -0.25) is 9.59 Å². The molecule has 0 aliphatic carbocycles. The molecule has 0 spiro atoms. The van der Waals surface area contributed by atoms with Gasteiger partial charge >= 0.3 is 5.97 Å². The Hall–Kier alpha value is -1.92. The SMILES string of the molecule is O=C1CC(NC(=O)C2CCCN2)C(OCCc2ccccc2)O1. The van der Waals surface area contributed by atoms with Gasteiger partial charge in [0.25, 0.3) is 0 Å². The van der Waals surface area contributed by atoms with E-state index in [0.29, 0.717) is 6.61 Å². The molecular weight excluding hydrogens is 296 g/mol. The third kappa shape index (κ3) is 4.30. The molecule has 1 amide bonds. The lowest BCUT2D eigenvalue weighted by Crippen LogP contribution is -2.48.